The fourth-order valence-electron chi connectivity index (χ4n) is 6.46. The van der Waals surface area contributed by atoms with Crippen molar-refractivity contribution in [3.63, 3.8) is 0 Å². The number of carbonyl (C=O) groups excluding carboxylic acids is 1. The van der Waals surface area contributed by atoms with Crippen LogP contribution in [0.4, 0.5) is 0 Å². The Labute approximate surface area is 326 Å². The lowest BCUT2D eigenvalue weighted by molar-refractivity contribution is -0.364. The second-order valence-electron chi connectivity index (χ2n) is 13.6. The molecular formula is C37H50O20. The van der Waals surface area contributed by atoms with E-state index in [2.05, 4.69) is 0 Å². The van der Waals surface area contributed by atoms with Gasteiger partial charge in [0, 0.05) is 6.08 Å². The fourth-order valence-corrected chi connectivity index (χ4v) is 6.46. The molecule has 20 nitrogen and oxygen atoms in total. The summed E-state index contributed by atoms with van der Waals surface area (Å²) in [4.78, 5) is 13.4. The van der Waals surface area contributed by atoms with Crippen LogP contribution < -0.4 is 9.47 Å². The van der Waals surface area contributed by atoms with E-state index in [9.17, 15) is 55.9 Å². The molecule has 0 aromatic heterocycles. The van der Waals surface area contributed by atoms with Crippen molar-refractivity contribution >= 4 is 12.0 Å². The molecule has 0 spiro atoms. The summed E-state index contributed by atoms with van der Waals surface area (Å²) in [5.41, 5.74) is 1.02. The SMILES string of the molecule is COc1ccc(CCO[C@@H]2O[C@H](CO[C@@H]3O[C@H](CO)[C@@H](O)[C@H](O)[C@H]3O)[C@@H](OC(=O)/C=C\c3ccc(O)c(OC)c3)[C@@H](O[C@@H]3O[C@H](C)[C@H](O)[C@@H](O)[C@H]3O)[C@H]2O)cc1O. The third kappa shape index (κ3) is 10.5. The van der Waals surface area contributed by atoms with Gasteiger partial charge in [0.15, 0.2) is 48.0 Å². The van der Waals surface area contributed by atoms with Crippen LogP contribution in [0.5, 0.6) is 23.0 Å². The van der Waals surface area contributed by atoms with Crippen molar-refractivity contribution in [2.75, 3.05) is 34.0 Å². The third-order valence-corrected chi connectivity index (χ3v) is 9.77. The molecule has 0 unspecified atom stereocenters. The number of aromatic hydroxyl groups is 2. The van der Waals surface area contributed by atoms with E-state index in [0.717, 1.165) is 6.08 Å². The highest BCUT2D eigenvalue weighted by molar-refractivity contribution is 5.87. The molecule has 2 aromatic carbocycles. The molecule has 3 heterocycles. The molecule has 0 aliphatic carbocycles. The Morgan fingerprint density at radius 2 is 1.37 bits per heavy atom. The van der Waals surface area contributed by atoms with Crippen molar-refractivity contribution in [2.24, 2.45) is 0 Å². The monoisotopic (exact) mass is 814 g/mol. The summed E-state index contributed by atoms with van der Waals surface area (Å²) >= 11 is 0. The fraction of sp³-hybridized carbons (Fsp3) is 0.595. The Morgan fingerprint density at radius 1 is 0.702 bits per heavy atom. The molecule has 3 saturated heterocycles. The van der Waals surface area contributed by atoms with Crippen molar-refractivity contribution in [3.05, 3.63) is 53.6 Å². The number of ether oxygens (including phenoxy) is 9. The number of phenolic OH excluding ortho intramolecular Hbond substituents is 2. The molecule has 0 bridgehead atoms. The van der Waals surface area contributed by atoms with Crippen molar-refractivity contribution in [3.8, 4) is 23.0 Å². The molecule has 0 saturated carbocycles. The summed E-state index contributed by atoms with van der Waals surface area (Å²) in [5, 5.41) is 104. The summed E-state index contributed by atoms with van der Waals surface area (Å²) in [5.74, 6) is -0.938. The van der Waals surface area contributed by atoms with Crippen LogP contribution in [-0.4, -0.2) is 183 Å². The highest BCUT2D eigenvalue weighted by Crippen LogP contribution is 2.33. The van der Waals surface area contributed by atoms with E-state index in [1.54, 1.807) is 12.1 Å². The van der Waals surface area contributed by atoms with Gasteiger partial charge in [0.2, 0.25) is 0 Å². The van der Waals surface area contributed by atoms with Gasteiger partial charge >= 0.3 is 5.97 Å². The second-order valence-corrected chi connectivity index (χ2v) is 13.6. The van der Waals surface area contributed by atoms with Gasteiger partial charge in [-0.25, -0.2) is 4.79 Å². The number of hydrogen-bond acceptors (Lipinski definition) is 20. The first-order chi connectivity index (χ1) is 27.2. The largest absolute Gasteiger partial charge is 0.504 e. The lowest BCUT2D eigenvalue weighted by Crippen LogP contribution is -2.65. The number of phenols is 2. The lowest BCUT2D eigenvalue weighted by atomic mass is 9.96. The first-order valence-electron chi connectivity index (χ1n) is 18.0. The Bertz CT molecular complexity index is 1640. The quantitative estimate of drug-likeness (QED) is 0.0652. The number of aliphatic hydroxyl groups excluding tert-OH is 8. The zero-order valence-electron chi connectivity index (χ0n) is 31.2. The average Bonchev–Trinajstić information content (AvgIpc) is 3.20. The van der Waals surface area contributed by atoms with Crippen LogP contribution in [-0.2, 0) is 44.4 Å². The Balaban J connectivity index is 1.44. The minimum atomic E-state index is -1.86. The highest BCUT2D eigenvalue weighted by atomic mass is 16.8. The van der Waals surface area contributed by atoms with Crippen LogP contribution in [0.2, 0.25) is 0 Å². The Kier molecular flexibility index (Phi) is 15.4. The van der Waals surface area contributed by atoms with Gasteiger partial charge in [-0.2, -0.15) is 0 Å². The smallest absolute Gasteiger partial charge is 0.331 e. The normalized spacial score (nSPS) is 35.9. The number of esters is 1. The van der Waals surface area contributed by atoms with Gasteiger partial charge in [0.05, 0.1) is 40.1 Å². The molecule has 0 amide bonds. The van der Waals surface area contributed by atoms with Gasteiger partial charge in [-0.15, -0.1) is 0 Å². The molecule has 3 fully saturated rings. The third-order valence-electron chi connectivity index (χ3n) is 9.77. The minimum Gasteiger partial charge on any atom is -0.504 e. The summed E-state index contributed by atoms with van der Waals surface area (Å²) in [6.07, 6.45) is -22.0. The predicted octanol–water partition coefficient (Wildman–Crippen LogP) is -2.59. The Hall–Kier alpha value is -3.71. The molecule has 20 heteroatoms. The maximum Gasteiger partial charge on any atom is 0.331 e. The molecule has 15 atom stereocenters. The van der Waals surface area contributed by atoms with Crippen LogP contribution >= 0.6 is 0 Å². The standard InChI is InChI=1S/C37H50O20/c1-16-26(42)28(44)31(47)37(53-16)57-34-32(48)36(51-11-10-18-5-8-21(49-2)20(40)12-18)55-24(15-52-35-30(46)29(45)27(43)23(14-38)54-35)33(34)56-25(41)9-6-17-4-7-19(39)22(13-17)50-3/h4-9,12-13,16,23-24,26-40,42-48H,10-11,14-15H2,1-3H3/b9-6-/t16-,23-,24-,26+,27-,28-,29+,30-,31-,32-,33-,34+,35-,36-,37+/m1/s1. The van der Waals surface area contributed by atoms with Crippen molar-refractivity contribution in [1.82, 2.24) is 0 Å². The maximum absolute atomic E-state index is 13.4. The van der Waals surface area contributed by atoms with E-state index in [1.807, 2.05) is 0 Å². The van der Waals surface area contributed by atoms with Crippen LogP contribution in [0, 0.1) is 0 Å². The Morgan fingerprint density at radius 3 is 2.05 bits per heavy atom. The lowest BCUT2D eigenvalue weighted by Gasteiger charge is -2.47. The van der Waals surface area contributed by atoms with Gasteiger partial charge in [-0.3, -0.25) is 0 Å². The van der Waals surface area contributed by atoms with E-state index < -0.39 is 111 Å². The first kappa shape index (κ1) is 44.4. The number of methoxy groups -OCH3 is 2. The van der Waals surface area contributed by atoms with Crippen molar-refractivity contribution in [2.45, 2.75) is 105 Å². The molecule has 2 aromatic rings. The topological polar surface area (TPSA) is 302 Å². The summed E-state index contributed by atoms with van der Waals surface area (Å²) in [7, 11) is 2.73. The molecular weight excluding hydrogens is 764 g/mol. The molecule has 57 heavy (non-hydrogen) atoms. The van der Waals surface area contributed by atoms with Gasteiger partial charge in [-0.05, 0) is 54.8 Å². The van der Waals surface area contributed by atoms with Crippen molar-refractivity contribution < 1.29 is 98.5 Å². The number of hydrogen-bond donors (Lipinski definition) is 10. The second kappa shape index (κ2) is 19.8. The van der Waals surface area contributed by atoms with Crippen LogP contribution in [0.3, 0.4) is 0 Å². The molecule has 10 N–H and O–H groups in total. The number of benzene rings is 2. The molecule has 318 valence electrons. The van der Waals surface area contributed by atoms with Gasteiger partial charge in [-0.1, -0.05) is 12.1 Å². The number of aliphatic hydroxyl groups is 8. The summed E-state index contributed by atoms with van der Waals surface area (Å²) in [6.45, 7) is -0.132. The van der Waals surface area contributed by atoms with E-state index in [4.69, 9.17) is 42.6 Å². The van der Waals surface area contributed by atoms with Gasteiger partial charge in [0.25, 0.3) is 0 Å². The van der Waals surface area contributed by atoms with Gasteiger partial charge < -0.3 is 93.7 Å². The van der Waals surface area contributed by atoms with E-state index in [-0.39, 0.29) is 36.0 Å². The zero-order chi connectivity index (χ0) is 41.6. The molecule has 0 radical (unpaired) electrons. The predicted molar refractivity (Wildman–Crippen MR) is 190 cm³/mol. The molecule has 3 aliphatic rings. The zero-order valence-corrected chi connectivity index (χ0v) is 31.2. The van der Waals surface area contributed by atoms with Crippen LogP contribution in [0.1, 0.15) is 18.1 Å². The first-order valence-corrected chi connectivity index (χ1v) is 18.0. The van der Waals surface area contributed by atoms with Gasteiger partial charge in [0.1, 0.15) is 61.0 Å². The van der Waals surface area contributed by atoms with Crippen LogP contribution in [0.25, 0.3) is 6.08 Å². The van der Waals surface area contributed by atoms with E-state index in [1.165, 1.54) is 51.5 Å². The average molecular weight is 815 g/mol. The van der Waals surface area contributed by atoms with Crippen LogP contribution in [0.15, 0.2) is 42.5 Å². The van der Waals surface area contributed by atoms with Crippen molar-refractivity contribution in [1.29, 1.82) is 0 Å². The highest BCUT2D eigenvalue weighted by Gasteiger charge is 2.53. The molecule has 5 rings (SSSR count). The summed E-state index contributed by atoms with van der Waals surface area (Å²) in [6, 6.07) is 8.92. The minimum absolute atomic E-state index is 0.121. The van der Waals surface area contributed by atoms with E-state index in [0.29, 0.717) is 11.1 Å². The number of rotatable bonds is 15. The van der Waals surface area contributed by atoms with E-state index >= 15 is 0 Å². The molecule has 3 aliphatic heterocycles. The maximum atomic E-state index is 13.4. The number of carbonyl (C=O) groups is 1. The summed E-state index contributed by atoms with van der Waals surface area (Å²) < 4.78 is 50.8.